The monoisotopic (exact) mass is 277 g/mol. The minimum absolute atomic E-state index is 0.0263. The standard InChI is InChI=1S/C11H16ClNO3S/c1-3-7-16-10-5-4-6-13-11(10)17(14,15)9(2)8-12/h4-6,9H,3,7-8H2,1-2H3. The van der Waals surface area contributed by atoms with Gasteiger partial charge in [-0.05, 0) is 25.5 Å². The molecule has 0 fully saturated rings. The van der Waals surface area contributed by atoms with Gasteiger partial charge in [0, 0.05) is 12.1 Å². The van der Waals surface area contributed by atoms with E-state index in [4.69, 9.17) is 16.3 Å². The summed E-state index contributed by atoms with van der Waals surface area (Å²) in [7, 11) is -3.52. The zero-order valence-corrected chi connectivity index (χ0v) is 11.5. The van der Waals surface area contributed by atoms with Crippen LogP contribution < -0.4 is 4.74 Å². The summed E-state index contributed by atoms with van der Waals surface area (Å²) in [6, 6.07) is 3.26. The Hall–Kier alpha value is -0.810. The predicted octanol–water partition coefficient (Wildman–Crippen LogP) is 2.27. The van der Waals surface area contributed by atoms with Crippen LogP contribution in [0.3, 0.4) is 0 Å². The van der Waals surface area contributed by atoms with Crippen LogP contribution in [0, 0.1) is 0 Å². The number of hydrogen-bond donors (Lipinski definition) is 0. The summed E-state index contributed by atoms with van der Waals surface area (Å²) >= 11 is 5.60. The molecule has 1 rings (SSSR count). The largest absolute Gasteiger partial charge is 0.491 e. The Kier molecular flexibility index (Phi) is 5.21. The first-order valence-electron chi connectivity index (χ1n) is 5.41. The van der Waals surface area contributed by atoms with Crippen molar-refractivity contribution in [3.05, 3.63) is 18.3 Å². The van der Waals surface area contributed by atoms with Crippen molar-refractivity contribution < 1.29 is 13.2 Å². The number of ether oxygens (including phenoxy) is 1. The number of alkyl halides is 1. The molecular weight excluding hydrogens is 262 g/mol. The second-order valence-electron chi connectivity index (χ2n) is 3.67. The molecule has 0 aliphatic carbocycles. The van der Waals surface area contributed by atoms with E-state index in [0.717, 1.165) is 6.42 Å². The highest BCUT2D eigenvalue weighted by molar-refractivity contribution is 7.92. The van der Waals surface area contributed by atoms with Gasteiger partial charge in [-0.1, -0.05) is 6.92 Å². The van der Waals surface area contributed by atoms with E-state index < -0.39 is 15.1 Å². The summed E-state index contributed by atoms with van der Waals surface area (Å²) in [4.78, 5) is 3.90. The molecular formula is C11H16ClNO3S. The molecule has 1 unspecified atom stereocenters. The Morgan fingerprint density at radius 3 is 2.82 bits per heavy atom. The maximum atomic E-state index is 12.1. The van der Waals surface area contributed by atoms with Gasteiger partial charge in [0.05, 0.1) is 11.9 Å². The molecule has 0 aromatic carbocycles. The molecule has 0 amide bonds. The number of sulfone groups is 1. The van der Waals surface area contributed by atoms with Crippen LogP contribution in [0.2, 0.25) is 0 Å². The fraction of sp³-hybridized carbons (Fsp3) is 0.545. The van der Waals surface area contributed by atoms with Crippen molar-refractivity contribution in [2.24, 2.45) is 0 Å². The van der Waals surface area contributed by atoms with Gasteiger partial charge in [0.15, 0.2) is 10.8 Å². The van der Waals surface area contributed by atoms with Crippen molar-refractivity contribution in [1.29, 1.82) is 0 Å². The summed E-state index contributed by atoms with van der Waals surface area (Å²) in [5.74, 6) is 0.331. The van der Waals surface area contributed by atoms with Crippen LogP contribution in [-0.4, -0.2) is 31.1 Å². The van der Waals surface area contributed by atoms with Gasteiger partial charge in [-0.3, -0.25) is 0 Å². The highest BCUT2D eigenvalue weighted by Gasteiger charge is 2.27. The van der Waals surface area contributed by atoms with Gasteiger partial charge in [-0.25, -0.2) is 13.4 Å². The highest BCUT2D eigenvalue weighted by atomic mass is 35.5. The zero-order valence-electron chi connectivity index (χ0n) is 9.89. The van der Waals surface area contributed by atoms with E-state index >= 15 is 0 Å². The normalized spacial score (nSPS) is 13.4. The average Bonchev–Trinajstić information content (AvgIpc) is 2.35. The summed E-state index contributed by atoms with van der Waals surface area (Å²) < 4.78 is 29.6. The average molecular weight is 278 g/mol. The molecule has 0 bridgehead atoms. The maximum absolute atomic E-state index is 12.1. The first-order valence-corrected chi connectivity index (χ1v) is 7.49. The zero-order chi connectivity index (χ0) is 12.9. The third-order valence-electron chi connectivity index (χ3n) is 2.21. The van der Waals surface area contributed by atoms with Crippen molar-refractivity contribution in [3.8, 4) is 5.75 Å². The number of halogens is 1. The van der Waals surface area contributed by atoms with E-state index in [2.05, 4.69) is 4.98 Å². The maximum Gasteiger partial charge on any atom is 0.203 e. The van der Waals surface area contributed by atoms with Crippen LogP contribution in [0.15, 0.2) is 23.4 Å². The summed E-state index contributed by atoms with van der Waals surface area (Å²) in [5.41, 5.74) is 0. The molecule has 0 spiro atoms. The highest BCUT2D eigenvalue weighted by Crippen LogP contribution is 2.25. The Morgan fingerprint density at radius 1 is 1.53 bits per heavy atom. The lowest BCUT2D eigenvalue weighted by Gasteiger charge is -2.13. The van der Waals surface area contributed by atoms with E-state index in [1.54, 1.807) is 19.1 Å². The van der Waals surface area contributed by atoms with Gasteiger partial charge in [0.1, 0.15) is 0 Å². The number of pyridine rings is 1. The third kappa shape index (κ3) is 3.33. The number of nitrogens with zero attached hydrogens (tertiary/aromatic N) is 1. The Morgan fingerprint density at radius 2 is 2.24 bits per heavy atom. The van der Waals surface area contributed by atoms with Crippen LogP contribution in [0.4, 0.5) is 0 Å². The van der Waals surface area contributed by atoms with Crippen LogP contribution in [0.5, 0.6) is 5.75 Å². The van der Waals surface area contributed by atoms with Gasteiger partial charge in [-0.2, -0.15) is 0 Å². The van der Waals surface area contributed by atoms with Crippen LogP contribution in [0.1, 0.15) is 20.3 Å². The number of rotatable bonds is 6. The summed E-state index contributed by atoms with van der Waals surface area (Å²) in [5, 5.41) is -0.704. The van der Waals surface area contributed by atoms with Crippen molar-refractivity contribution in [2.45, 2.75) is 30.5 Å². The lowest BCUT2D eigenvalue weighted by atomic mass is 10.4. The molecule has 4 nitrogen and oxygen atoms in total. The molecule has 0 saturated heterocycles. The van der Waals surface area contributed by atoms with Crippen molar-refractivity contribution in [2.75, 3.05) is 12.5 Å². The van der Waals surface area contributed by atoms with E-state index in [-0.39, 0.29) is 10.9 Å². The molecule has 17 heavy (non-hydrogen) atoms. The SMILES string of the molecule is CCCOc1cccnc1S(=O)(=O)C(C)CCl. The summed E-state index contributed by atoms with van der Waals surface area (Å²) in [6.45, 7) is 3.97. The molecule has 0 aliphatic rings. The fourth-order valence-corrected chi connectivity index (χ4v) is 2.84. The third-order valence-corrected chi connectivity index (χ3v) is 4.93. The van der Waals surface area contributed by atoms with Crippen molar-refractivity contribution >= 4 is 21.4 Å². The molecule has 6 heteroatoms. The van der Waals surface area contributed by atoms with Gasteiger partial charge in [0.2, 0.25) is 9.84 Å². The molecule has 1 aromatic rings. The Bertz CT molecular complexity index is 462. The fourth-order valence-electron chi connectivity index (χ4n) is 1.19. The Balaban J connectivity index is 3.13. The van der Waals surface area contributed by atoms with Gasteiger partial charge < -0.3 is 4.74 Å². The van der Waals surface area contributed by atoms with E-state index in [9.17, 15) is 8.42 Å². The molecule has 0 radical (unpaired) electrons. The quantitative estimate of drug-likeness (QED) is 0.749. The lowest BCUT2D eigenvalue weighted by Crippen LogP contribution is -2.21. The molecule has 0 N–H and O–H groups in total. The first-order chi connectivity index (χ1) is 8.04. The number of aromatic nitrogens is 1. The predicted molar refractivity (Wildman–Crippen MR) is 67.4 cm³/mol. The minimum atomic E-state index is -3.52. The second kappa shape index (κ2) is 6.21. The molecule has 0 saturated carbocycles. The van der Waals surface area contributed by atoms with Crippen LogP contribution in [0.25, 0.3) is 0 Å². The van der Waals surface area contributed by atoms with E-state index in [1.165, 1.54) is 6.20 Å². The van der Waals surface area contributed by atoms with Crippen molar-refractivity contribution in [3.63, 3.8) is 0 Å². The molecule has 0 aliphatic heterocycles. The van der Waals surface area contributed by atoms with Gasteiger partial charge >= 0.3 is 0 Å². The topological polar surface area (TPSA) is 56.3 Å². The van der Waals surface area contributed by atoms with E-state index in [0.29, 0.717) is 12.4 Å². The van der Waals surface area contributed by atoms with Crippen molar-refractivity contribution in [1.82, 2.24) is 4.98 Å². The lowest BCUT2D eigenvalue weighted by molar-refractivity contribution is 0.306. The first kappa shape index (κ1) is 14.3. The molecule has 1 heterocycles. The summed E-state index contributed by atoms with van der Waals surface area (Å²) in [6.07, 6.45) is 2.24. The molecule has 1 atom stereocenters. The second-order valence-corrected chi connectivity index (χ2v) is 6.26. The van der Waals surface area contributed by atoms with E-state index in [1.807, 2.05) is 6.92 Å². The van der Waals surface area contributed by atoms with Gasteiger partial charge in [0.25, 0.3) is 0 Å². The Labute approximate surface area is 107 Å². The smallest absolute Gasteiger partial charge is 0.203 e. The van der Waals surface area contributed by atoms with Crippen LogP contribution >= 0.6 is 11.6 Å². The molecule has 96 valence electrons. The van der Waals surface area contributed by atoms with Crippen LogP contribution in [-0.2, 0) is 9.84 Å². The molecule has 1 aromatic heterocycles. The number of hydrogen-bond acceptors (Lipinski definition) is 4. The minimum Gasteiger partial charge on any atom is -0.491 e. The van der Waals surface area contributed by atoms with Gasteiger partial charge in [-0.15, -0.1) is 11.6 Å².